The summed E-state index contributed by atoms with van der Waals surface area (Å²) < 4.78 is 10.2. The first-order chi connectivity index (χ1) is 12.2. The summed E-state index contributed by atoms with van der Waals surface area (Å²) in [5.74, 6) is -0.672. The van der Waals surface area contributed by atoms with Gasteiger partial charge in [-0.15, -0.1) is 6.58 Å². The lowest BCUT2D eigenvalue weighted by atomic mass is 9.85. The molecule has 1 aliphatic rings. The Morgan fingerprint density at radius 1 is 1.31 bits per heavy atom. The number of hydrogen-bond donors (Lipinski definition) is 1. The first-order valence-electron chi connectivity index (χ1n) is 9.23. The lowest BCUT2D eigenvalue weighted by Crippen LogP contribution is -2.56. The second-order valence-electron chi connectivity index (χ2n) is 7.45. The fourth-order valence-electron chi connectivity index (χ4n) is 2.88. The molecule has 2 atom stereocenters. The molecule has 7 heteroatoms. The van der Waals surface area contributed by atoms with Gasteiger partial charge in [-0.1, -0.05) is 26.8 Å². The molecule has 7 nitrogen and oxygen atoms in total. The van der Waals surface area contributed by atoms with Crippen LogP contribution in [0.25, 0.3) is 0 Å². The lowest BCUT2D eigenvalue weighted by Gasteiger charge is -2.34. The number of alkyl carbamates (subject to hydrolysis) is 1. The highest BCUT2D eigenvalue weighted by Gasteiger charge is 2.42. The Morgan fingerprint density at radius 2 is 2.00 bits per heavy atom. The third-order valence-electron chi connectivity index (χ3n) is 4.26. The van der Waals surface area contributed by atoms with Crippen molar-refractivity contribution in [1.29, 1.82) is 0 Å². The highest BCUT2D eigenvalue weighted by atomic mass is 16.5. The molecular weight excluding hydrogens is 336 g/mol. The summed E-state index contributed by atoms with van der Waals surface area (Å²) in [4.78, 5) is 38.8. The third kappa shape index (κ3) is 6.35. The van der Waals surface area contributed by atoms with Crippen LogP contribution in [0.4, 0.5) is 4.79 Å². The van der Waals surface area contributed by atoms with E-state index in [1.54, 1.807) is 13.0 Å². The van der Waals surface area contributed by atoms with Crippen LogP contribution in [0, 0.1) is 5.41 Å². The molecule has 0 aromatic rings. The Labute approximate surface area is 156 Å². The fourth-order valence-corrected chi connectivity index (χ4v) is 2.88. The molecule has 0 aliphatic carbocycles. The van der Waals surface area contributed by atoms with Crippen molar-refractivity contribution in [3.8, 4) is 0 Å². The van der Waals surface area contributed by atoms with Crippen LogP contribution in [0.1, 0.15) is 53.4 Å². The quantitative estimate of drug-likeness (QED) is 0.404. The average Bonchev–Trinajstić information content (AvgIpc) is 3.05. The molecule has 0 radical (unpaired) electrons. The van der Waals surface area contributed by atoms with E-state index in [4.69, 9.17) is 9.47 Å². The predicted molar refractivity (Wildman–Crippen MR) is 98.5 cm³/mol. The Balaban J connectivity index is 2.78. The zero-order valence-corrected chi connectivity index (χ0v) is 16.4. The van der Waals surface area contributed by atoms with E-state index < -0.39 is 29.6 Å². The number of esters is 1. The maximum absolute atomic E-state index is 13.1. The predicted octanol–water partition coefficient (Wildman–Crippen LogP) is 2.65. The molecule has 1 fully saturated rings. The van der Waals surface area contributed by atoms with Gasteiger partial charge in [0.05, 0.1) is 13.2 Å². The summed E-state index contributed by atoms with van der Waals surface area (Å²) in [6.07, 6.45) is 3.87. The first kappa shape index (κ1) is 22.0. The van der Waals surface area contributed by atoms with Crippen molar-refractivity contribution in [3.63, 3.8) is 0 Å². The van der Waals surface area contributed by atoms with E-state index in [0.717, 1.165) is 12.8 Å². The second-order valence-corrected chi connectivity index (χ2v) is 7.45. The summed E-state index contributed by atoms with van der Waals surface area (Å²) in [6.45, 7) is 12.0. The van der Waals surface area contributed by atoms with Gasteiger partial charge in [-0.05, 0) is 38.0 Å². The summed E-state index contributed by atoms with van der Waals surface area (Å²) in [5, 5.41) is 2.67. The van der Waals surface area contributed by atoms with E-state index in [0.29, 0.717) is 19.4 Å². The molecule has 1 N–H and O–H groups in total. The fraction of sp³-hybridized carbons (Fsp3) is 0.737. The van der Waals surface area contributed by atoms with E-state index in [9.17, 15) is 14.4 Å². The number of nitrogens with one attached hydrogen (secondary N) is 1. The number of carbonyl (C=O) groups is 3. The Kier molecular flexibility index (Phi) is 8.61. The SMILES string of the molecule is C=CCCCOC(=O)N[C@H](C(=O)N1CCC[C@H]1C(=O)OCC)C(C)(C)C. The number of likely N-dealkylation sites (tertiary alicyclic amines) is 1. The zero-order chi connectivity index (χ0) is 19.7. The van der Waals surface area contributed by atoms with Gasteiger partial charge >= 0.3 is 12.1 Å². The smallest absolute Gasteiger partial charge is 0.407 e. The van der Waals surface area contributed by atoms with Crippen molar-refractivity contribution < 1.29 is 23.9 Å². The summed E-state index contributed by atoms with van der Waals surface area (Å²) >= 11 is 0. The number of rotatable bonds is 8. The summed E-state index contributed by atoms with van der Waals surface area (Å²) in [5.41, 5.74) is -0.529. The third-order valence-corrected chi connectivity index (χ3v) is 4.26. The van der Waals surface area contributed by atoms with Gasteiger partial charge in [0.1, 0.15) is 12.1 Å². The molecule has 0 aromatic heterocycles. The minimum absolute atomic E-state index is 0.262. The minimum atomic E-state index is -0.788. The maximum Gasteiger partial charge on any atom is 0.407 e. The number of amides is 2. The molecule has 1 saturated heterocycles. The molecule has 1 heterocycles. The van der Waals surface area contributed by atoms with Crippen LogP contribution in [0.5, 0.6) is 0 Å². The summed E-state index contributed by atoms with van der Waals surface area (Å²) in [6, 6.07) is -1.37. The van der Waals surface area contributed by atoms with E-state index in [1.807, 2.05) is 20.8 Å². The van der Waals surface area contributed by atoms with Crippen molar-refractivity contribution in [2.45, 2.75) is 65.5 Å². The number of allylic oxidation sites excluding steroid dienone is 1. The number of ether oxygens (including phenoxy) is 2. The van der Waals surface area contributed by atoms with Crippen molar-refractivity contribution in [1.82, 2.24) is 10.2 Å². The zero-order valence-electron chi connectivity index (χ0n) is 16.4. The second kappa shape index (κ2) is 10.2. The summed E-state index contributed by atoms with van der Waals surface area (Å²) in [7, 11) is 0. The standard InChI is InChI=1S/C19H32N2O5/c1-6-8-9-13-26-18(24)20-15(19(3,4)5)16(22)21-12-10-11-14(21)17(23)25-7-2/h6,14-15H,1,7-13H2,2-5H3,(H,20,24)/t14-,15+/m0/s1. The van der Waals surface area contributed by atoms with Crippen LogP contribution in [0.15, 0.2) is 12.7 Å². The van der Waals surface area contributed by atoms with Crippen molar-refractivity contribution >= 4 is 18.0 Å². The van der Waals surface area contributed by atoms with Gasteiger partial charge in [0.2, 0.25) is 5.91 Å². The van der Waals surface area contributed by atoms with Gasteiger partial charge in [0.15, 0.2) is 0 Å². The van der Waals surface area contributed by atoms with Gasteiger partial charge in [-0.25, -0.2) is 9.59 Å². The largest absolute Gasteiger partial charge is 0.464 e. The minimum Gasteiger partial charge on any atom is -0.464 e. The Hall–Kier alpha value is -2.05. The molecule has 0 spiro atoms. The van der Waals surface area contributed by atoms with Crippen LogP contribution < -0.4 is 5.32 Å². The molecule has 26 heavy (non-hydrogen) atoms. The van der Waals surface area contributed by atoms with Gasteiger partial charge < -0.3 is 19.7 Å². The Morgan fingerprint density at radius 3 is 2.58 bits per heavy atom. The molecule has 0 unspecified atom stereocenters. The molecule has 0 aromatic carbocycles. The first-order valence-corrected chi connectivity index (χ1v) is 9.23. The molecule has 1 aliphatic heterocycles. The average molecular weight is 368 g/mol. The molecule has 2 amide bonds. The van der Waals surface area contributed by atoms with Crippen LogP contribution in [0.2, 0.25) is 0 Å². The van der Waals surface area contributed by atoms with Crippen molar-refractivity contribution in [2.75, 3.05) is 19.8 Å². The van der Waals surface area contributed by atoms with E-state index >= 15 is 0 Å². The molecular formula is C19H32N2O5. The Bertz CT molecular complexity index is 513. The number of hydrogen-bond acceptors (Lipinski definition) is 5. The highest BCUT2D eigenvalue weighted by Crippen LogP contribution is 2.26. The van der Waals surface area contributed by atoms with Gasteiger partial charge in [-0.3, -0.25) is 4.79 Å². The molecule has 148 valence electrons. The molecule has 0 saturated carbocycles. The maximum atomic E-state index is 13.1. The van der Waals surface area contributed by atoms with Crippen molar-refractivity contribution in [2.24, 2.45) is 5.41 Å². The topological polar surface area (TPSA) is 84.9 Å². The van der Waals surface area contributed by atoms with Gasteiger partial charge in [0.25, 0.3) is 0 Å². The number of unbranched alkanes of at least 4 members (excludes halogenated alkanes) is 1. The monoisotopic (exact) mass is 368 g/mol. The van der Waals surface area contributed by atoms with Crippen LogP contribution in [-0.4, -0.2) is 54.7 Å². The molecule has 0 bridgehead atoms. The van der Waals surface area contributed by atoms with Gasteiger partial charge in [0, 0.05) is 6.54 Å². The van der Waals surface area contributed by atoms with Crippen LogP contribution >= 0.6 is 0 Å². The lowest BCUT2D eigenvalue weighted by molar-refractivity contribution is -0.154. The van der Waals surface area contributed by atoms with Crippen LogP contribution in [0.3, 0.4) is 0 Å². The van der Waals surface area contributed by atoms with Crippen LogP contribution in [-0.2, 0) is 19.1 Å². The van der Waals surface area contributed by atoms with Gasteiger partial charge in [-0.2, -0.15) is 0 Å². The highest BCUT2D eigenvalue weighted by molar-refractivity contribution is 5.90. The normalized spacial score (nSPS) is 18.2. The van der Waals surface area contributed by atoms with E-state index in [1.165, 1.54) is 4.90 Å². The van der Waals surface area contributed by atoms with Crippen molar-refractivity contribution in [3.05, 3.63) is 12.7 Å². The van der Waals surface area contributed by atoms with E-state index in [2.05, 4.69) is 11.9 Å². The number of carbonyl (C=O) groups excluding carboxylic acids is 3. The van der Waals surface area contributed by atoms with E-state index in [-0.39, 0.29) is 19.1 Å². The number of nitrogens with zero attached hydrogens (tertiary/aromatic N) is 1. The molecule has 1 rings (SSSR count).